The lowest BCUT2D eigenvalue weighted by atomic mass is 9.76. The van der Waals surface area contributed by atoms with Gasteiger partial charge in [-0.15, -0.1) is 0 Å². The summed E-state index contributed by atoms with van der Waals surface area (Å²) in [6.07, 6.45) is 4.27. The highest BCUT2D eigenvalue weighted by Crippen LogP contribution is 2.34. The highest BCUT2D eigenvalue weighted by atomic mass is 16.4. The zero-order valence-electron chi connectivity index (χ0n) is 14.0. The summed E-state index contributed by atoms with van der Waals surface area (Å²) in [6, 6.07) is 5.67. The van der Waals surface area contributed by atoms with Crippen LogP contribution in [0.5, 0.6) is 0 Å². The predicted molar refractivity (Wildman–Crippen MR) is 92.6 cm³/mol. The van der Waals surface area contributed by atoms with Gasteiger partial charge in [-0.3, -0.25) is 15.0 Å². The van der Waals surface area contributed by atoms with Crippen LogP contribution >= 0.6 is 0 Å². The van der Waals surface area contributed by atoms with Gasteiger partial charge in [-0.05, 0) is 43.7 Å². The fourth-order valence-corrected chi connectivity index (χ4v) is 2.98. The average molecular weight is 348 g/mol. The van der Waals surface area contributed by atoms with E-state index < -0.39 is 24.0 Å². The Morgan fingerprint density at radius 1 is 1.32 bits per heavy atom. The van der Waals surface area contributed by atoms with Crippen LogP contribution in [0, 0.1) is 11.3 Å². The second-order valence-corrected chi connectivity index (χ2v) is 6.50. The van der Waals surface area contributed by atoms with Gasteiger partial charge in [-0.25, -0.2) is 4.98 Å². The summed E-state index contributed by atoms with van der Waals surface area (Å²) >= 11 is 0. The number of carbonyl (C=O) groups is 2. The first kappa shape index (κ1) is 18.9. The van der Waals surface area contributed by atoms with Crippen molar-refractivity contribution in [2.45, 2.75) is 37.7 Å². The molecule has 0 saturated heterocycles. The van der Waals surface area contributed by atoms with Crippen molar-refractivity contribution in [1.29, 1.82) is 5.41 Å². The summed E-state index contributed by atoms with van der Waals surface area (Å²) in [6.45, 7) is 0.241. The fraction of sp³-hybridized carbons (Fsp3) is 0.529. The summed E-state index contributed by atoms with van der Waals surface area (Å²) in [5, 5.41) is 32.3. The van der Waals surface area contributed by atoms with Crippen molar-refractivity contribution in [2.75, 3.05) is 18.4 Å². The Morgan fingerprint density at radius 3 is 2.64 bits per heavy atom. The molecule has 5 N–H and O–H groups in total. The molecule has 1 heterocycles. The number of carboxylic acid groups (broad SMARTS) is 1. The predicted octanol–water partition coefficient (Wildman–Crippen LogP) is 1.03. The molecule has 8 nitrogen and oxygen atoms in total. The third-order valence-corrected chi connectivity index (χ3v) is 4.45. The molecule has 8 heteroatoms. The Bertz CT molecular complexity index is 612. The van der Waals surface area contributed by atoms with E-state index in [1.165, 1.54) is 0 Å². The maximum absolute atomic E-state index is 11.7. The Balaban J connectivity index is 1.74. The Kier molecular flexibility index (Phi) is 6.46. The SMILES string of the molecule is N=C(CC1(O)CCC(CNc2ccccn2)CC1)C(=O)NCC(=O)O. The largest absolute Gasteiger partial charge is 0.480 e. The zero-order chi connectivity index (χ0) is 18.3. The number of hydrogen-bond acceptors (Lipinski definition) is 6. The first-order valence-electron chi connectivity index (χ1n) is 8.33. The maximum atomic E-state index is 11.7. The van der Waals surface area contributed by atoms with E-state index in [-0.39, 0.29) is 12.1 Å². The highest BCUT2D eigenvalue weighted by Gasteiger charge is 2.35. The number of aliphatic hydroxyl groups is 1. The number of aromatic nitrogens is 1. The number of nitrogens with one attached hydrogen (secondary N) is 3. The molecule has 1 aliphatic carbocycles. The molecule has 0 aliphatic heterocycles. The van der Waals surface area contributed by atoms with Gasteiger partial charge in [0.2, 0.25) is 0 Å². The molecule has 0 atom stereocenters. The summed E-state index contributed by atoms with van der Waals surface area (Å²) in [7, 11) is 0. The minimum Gasteiger partial charge on any atom is -0.480 e. The van der Waals surface area contributed by atoms with Gasteiger partial charge in [0.05, 0.1) is 11.3 Å². The fourth-order valence-electron chi connectivity index (χ4n) is 2.98. The van der Waals surface area contributed by atoms with Crippen LogP contribution in [0.1, 0.15) is 32.1 Å². The molecule has 0 aromatic carbocycles. The molecule has 1 amide bonds. The van der Waals surface area contributed by atoms with E-state index in [2.05, 4.69) is 15.6 Å². The number of aliphatic carboxylic acids is 1. The molecule has 25 heavy (non-hydrogen) atoms. The average Bonchev–Trinajstić information content (AvgIpc) is 2.60. The first-order chi connectivity index (χ1) is 11.9. The van der Waals surface area contributed by atoms with Gasteiger partial charge >= 0.3 is 5.97 Å². The molecule has 1 saturated carbocycles. The first-order valence-corrected chi connectivity index (χ1v) is 8.33. The van der Waals surface area contributed by atoms with E-state index in [4.69, 9.17) is 10.5 Å². The van der Waals surface area contributed by atoms with E-state index >= 15 is 0 Å². The third-order valence-electron chi connectivity index (χ3n) is 4.45. The molecule has 1 fully saturated rings. The summed E-state index contributed by atoms with van der Waals surface area (Å²) in [5.74, 6) is -0.687. The van der Waals surface area contributed by atoms with Crippen LogP contribution in [-0.2, 0) is 9.59 Å². The minimum absolute atomic E-state index is 0.0567. The monoisotopic (exact) mass is 348 g/mol. The van der Waals surface area contributed by atoms with Crippen molar-refractivity contribution < 1.29 is 19.8 Å². The number of amides is 1. The minimum atomic E-state index is -1.17. The van der Waals surface area contributed by atoms with Crippen molar-refractivity contribution >= 4 is 23.4 Å². The Morgan fingerprint density at radius 2 is 2.04 bits per heavy atom. The van der Waals surface area contributed by atoms with E-state index in [1.807, 2.05) is 18.2 Å². The molecule has 0 spiro atoms. The van der Waals surface area contributed by atoms with Crippen LogP contribution in [0.3, 0.4) is 0 Å². The van der Waals surface area contributed by atoms with Gasteiger partial charge < -0.3 is 20.8 Å². The smallest absolute Gasteiger partial charge is 0.322 e. The van der Waals surface area contributed by atoms with Crippen LogP contribution in [0.15, 0.2) is 24.4 Å². The van der Waals surface area contributed by atoms with E-state index in [0.29, 0.717) is 18.8 Å². The molecule has 1 aromatic rings. The highest BCUT2D eigenvalue weighted by molar-refractivity contribution is 6.38. The van der Waals surface area contributed by atoms with Crippen molar-refractivity contribution in [3.8, 4) is 0 Å². The van der Waals surface area contributed by atoms with E-state index in [9.17, 15) is 14.7 Å². The molecule has 0 radical (unpaired) electrons. The van der Waals surface area contributed by atoms with Crippen molar-refractivity contribution in [1.82, 2.24) is 10.3 Å². The number of hydrogen-bond donors (Lipinski definition) is 5. The van der Waals surface area contributed by atoms with Crippen LogP contribution in [0.2, 0.25) is 0 Å². The lowest BCUT2D eigenvalue weighted by Gasteiger charge is -2.36. The van der Waals surface area contributed by atoms with E-state index in [1.54, 1.807) is 6.20 Å². The molecule has 0 unspecified atom stereocenters. The maximum Gasteiger partial charge on any atom is 0.322 e. The molecule has 2 rings (SSSR count). The Hall–Kier alpha value is -2.48. The van der Waals surface area contributed by atoms with E-state index in [0.717, 1.165) is 25.2 Å². The number of carbonyl (C=O) groups excluding carboxylic acids is 1. The van der Waals surface area contributed by atoms with Gasteiger partial charge in [-0.2, -0.15) is 0 Å². The van der Waals surface area contributed by atoms with Crippen molar-refractivity contribution in [2.24, 2.45) is 5.92 Å². The standard InChI is InChI=1S/C17H24N4O4/c18-13(16(24)21-11-15(22)23)9-17(25)6-4-12(5-7-17)10-20-14-3-1-2-8-19-14/h1-3,8,12,18,25H,4-7,9-11H2,(H,19,20)(H,21,24)(H,22,23). The lowest BCUT2D eigenvalue weighted by Crippen LogP contribution is -2.42. The number of rotatable bonds is 8. The van der Waals surface area contributed by atoms with Gasteiger partial charge in [-0.1, -0.05) is 6.07 Å². The topological polar surface area (TPSA) is 135 Å². The van der Waals surface area contributed by atoms with Crippen LogP contribution in [-0.4, -0.2) is 51.5 Å². The summed E-state index contributed by atoms with van der Waals surface area (Å²) < 4.78 is 0. The molecule has 136 valence electrons. The van der Waals surface area contributed by atoms with Gasteiger partial charge in [0.1, 0.15) is 12.4 Å². The number of nitrogens with zero attached hydrogens (tertiary/aromatic N) is 1. The summed E-state index contributed by atoms with van der Waals surface area (Å²) in [5.41, 5.74) is -1.35. The van der Waals surface area contributed by atoms with Crippen LogP contribution < -0.4 is 10.6 Å². The van der Waals surface area contributed by atoms with Gasteiger partial charge in [0, 0.05) is 19.2 Å². The normalized spacial score (nSPS) is 22.8. The second-order valence-electron chi connectivity index (χ2n) is 6.50. The van der Waals surface area contributed by atoms with Gasteiger partial charge in [0.15, 0.2) is 0 Å². The number of carboxylic acids is 1. The molecule has 1 aliphatic rings. The van der Waals surface area contributed by atoms with Crippen molar-refractivity contribution in [3.63, 3.8) is 0 Å². The molecule has 1 aromatic heterocycles. The summed E-state index contributed by atoms with van der Waals surface area (Å²) in [4.78, 5) is 26.3. The van der Waals surface area contributed by atoms with Crippen LogP contribution in [0.4, 0.5) is 5.82 Å². The van der Waals surface area contributed by atoms with Crippen molar-refractivity contribution in [3.05, 3.63) is 24.4 Å². The Labute approximate surface area is 146 Å². The number of pyridine rings is 1. The quantitative estimate of drug-likeness (QED) is 0.445. The zero-order valence-corrected chi connectivity index (χ0v) is 14.0. The number of anilines is 1. The molecular formula is C17H24N4O4. The lowest BCUT2D eigenvalue weighted by molar-refractivity contribution is -0.137. The molecular weight excluding hydrogens is 324 g/mol. The second kappa shape index (κ2) is 8.57. The third kappa shape index (κ3) is 6.15. The van der Waals surface area contributed by atoms with Crippen LogP contribution in [0.25, 0.3) is 0 Å². The molecule has 0 bridgehead atoms. The van der Waals surface area contributed by atoms with Gasteiger partial charge in [0.25, 0.3) is 5.91 Å².